The van der Waals surface area contributed by atoms with Crippen LogP contribution in [0.25, 0.3) is 17.0 Å². The Kier molecular flexibility index (Phi) is 9.01. The number of hydrogen-bond donors (Lipinski definition) is 2. The molecule has 2 aliphatic rings. The Morgan fingerprint density at radius 2 is 1.85 bits per heavy atom. The zero-order chi connectivity index (χ0) is 33.6. The summed E-state index contributed by atoms with van der Waals surface area (Å²) in [7, 11) is 0. The highest BCUT2D eigenvalue weighted by Gasteiger charge is 2.37. The quantitative estimate of drug-likeness (QED) is 0.358. The van der Waals surface area contributed by atoms with E-state index >= 15 is 0 Å². The fourth-order valence-electron chi connectivity index (χ4n) is 5.27. The molecule has 0 saturated carbocycles. The molecule has 1 atom stereocenters. The summed E-state index contributed by atoms with van der Waals surface area (Å²) in [6, 6.07) is 8.58. The number of thioether (sulfide) groups is 1. The van der Waals surface area contributed by atoms with Gasteiger partial charge in [0.05, 0.1) is 47.0 Å². The summed E-state index contributed by atoms with van der Waals surface area (Å²) >= 11 is 1.20. The normalized spacial score (nSPS) is 18.9. The van der Waals surface area contributed by atoms with Crippen molar-refractivity contribution in [3.05, 3.63) is 69.8 Å². The van der Waals surface area contributed by atoms with E-state index in [0.29, 0.717) is 39.6 Å². The summed E-state index contributed by atoms with van der Waals surface area (Å²) in [5.74, 6) is -0.417. The van der Waals surface area contributed by atoms with Gasteiger partial charge < -0.3 is 19.8 Å². The van der Waals surface area contributed by atoms with Gasteiger partial charge in [-0.25, -0.2) is 4.79 Å². The molecular formula is C32H36F3N5O5S. The predicted molar refractivity (Wildman–Crippen MR) is 169 cm³/mol. The van der Waals surface area contributed by atoms with Crippen molar-refractivity contribution in [1.82, 2.24) is 19.6 Å². The van der Waals surface area contributed by atoms with Gasteiger partial charge in [0.25, 0.3) is 5.91 Å². The molecule has 2 aromatic carbocycles. The second kappa shape index (κ2) is 12.4. The number of aromatic nitrogens is 2. The lowest BCUT2D eigenvalue weighted by atomic mass is 9.93. The van der Waals surface area contributed by atoms with Crippen LogP contribution >= 0.6 is 11.8 Å². The molecule has 5 rings (SSSR count). The van der Waals surface area contributed by atoms with Crippen LogP contribution in [0.15, 0.2) is 52.5 Å². The van der Waals surface area contributed by atoms with Crippen molar-refractivity contribution in [3.8, 4) is 0 Å². The Bertz CT molecular complexity index is 1720. The second-order valence-electron chi connectivity index (χ2n) is 12.8. The molecule has 2 N–H and O–H groups in total. The van der Waals surface area contributed by atoms with E-state index in [9.17, 15) is 33.0 Å². The second-order valence-corrected chi connectivity index (χ2v) is 13.8. The maximum absolute atomic E-state index is 13.9. The lowest BCUT2D eigenvalue weighted by Gasteiger charge is -2.41. The van der Waals surface area contributed by atoms with E-state index in [1.165, 1.54) is 47.3 Å². The van der Waals surface area contributed by atoms with Crippen LogP contribution in [0.4, 0.5) is 18.0 Å². The molecule has 0 unspecified atom stereocenters. The highest BCUT2D eigenvalue weighted by Crippen LogP contribution is 2.36. The van der Waals surface area contributed by atoms with Crippen LogP contribution in [-0.2, 0) is 27.9 Å². The molecule has 3 aromatic rings. The van der Waals surface area contributed by atoms with Crippen LogP contribution in [0, 0.1) is 0 Å². The van der Waals surface area contributed by atoms with Crippen molar-refractivity contribution in [1.29, 1.82) is 0 Å². The summed E-state index contributed by atoms with van der Waals surface area (Å²) in [5, 5.41) is 25.7. The molecule has 3 heterocycles. The molecule has 246 valence electrons. The average molecular weight is 660 g/mol. The third-order valence-corrected chi connectivity index (χ3v) is 8.65. The van der Waals surface area contributed by atoms with E-state index in [1.54, 1.807) is 51.2 Å². The smallest absolute Gasteiger partial charge is 0.416 e. The number of carbonyl (C=O) groups excluding carboxylic acids is 2. The Hall–Kier alpha value is -3.88. The van der Waals surface area contributed by atoms with Crippen LogP contribution in [0.5, 0.6) is 0 Å². The topological polar surface area (TPSA) is 120 Å². The first-order valence-electron chi connectivity index (χ1n) is 14.7. The first kappa shape index (κ1) is 33.5. The van der Waals surface area contributed by atoms with Gasteiger partial charge in [0.15, 0.2) is 5.17 Å². The van der Waals surface area contributed by atoms with Crippen LogP contribution < -0.4 is 0 Å². The summed E-state index contributed by atoms with van der Waals surface area (Å²) in [6.45, 7) is 8.76. The van der Waals surface area contributed by atoms with Crippen molar-refractivity contribution in [2.45, 2.75) is 64.6 Å². The molecule has 10 nitrogen and oxygen atoms in total. The van der Waals surface area contributed by atoms with Gasteiger partial charge in [0, 0.05) is 25.0 Å². The van der Waals surface area contributed by atoms with Crippen LogP contribution in [-0.4, -0.2) is 84.8 Å². The number of aliphatic hydroxyl groups excluding tert-OH is 1. The Balaban J connectivity index is 1.30. The van der Waals surface area contributed by atoms with Crippen molar-refractivity contribution in [3.63, 3.8) is 0 Å². The molecule has 0 radical (unpaired) electrons. The van der Waals surface area contributed by atoms with Crippen LogP contribution in [0.3, 0.4) is 0 Å². The predicted octanol–water partition coefficient (Wildman–Crippen LogP) is 5.21. The summed E-state index contributed by atoms with van der Waals surface area (Å²) < 4.78 is 48.7. The Morgan fingerprint density at radius 1 is 1.11 bits per heavy atom. The van der Waals surface area contributed by atoms with Crippen molar-refractivity contribution >= 4 is 45.9 Å². The molecule has 0 spiro atoms. The fourth-order valence-corrected chi connectivity index (χ4v) is 6.22. The van der Waals surface area contributed by atoms with Gasteiger partial charge in [-0.05, 0) is 87.3 Å². The number of piperazine rings is 1. The average Bonchev–Trinajstić information content (AvgIpc) is 3.53. The van der Waals surface area contributed by atoms with Gasteiger partial charge in [-0.2, -0.15) is 23.3 Å². The van der Waals surface area contributed by atoms with Gasteiger partial charge in [-0.15, -0.1) is 0 Å². The highest BCUT2D eigenvalue weighted by molar-refractivity contribution is 8.18. The monoisotopic (exact) mass is 659 g/mol. The summed E-state index contributed by atoms with van der Waals surface area (Å²) in [5.41, 5.74) is -1.45. The Morgan fingerprint density at radius 3 is 2.50 bits per heavy atom. The molecular weight excluding hydrogens is 623 g/mol. The standard InChI is InChI=1S/C32H36F3N5O5S/c1-30(2,3)45-29(43)39-11-10-38(17-23(39)18-41)28-37-27(42)26(46-28)13-19-6-9-25-21(12-19)15-36-40(25)16-20-7-8-22(31(4,5)44)14-24(20)32(33,34)35/h6-9,12-15,23,41,44H,10-11,16-18H2,1-5H3/t23-/m1/s1. The number of hydrogen-bond acceptors (Lipinski definition) is 8. The van der Waals surface area contributed by atoms with Gasteiger partial charge in [0.2, 0.25) is 0 Å². The minimum absolute atomic E-state index is 0.0182. The van der Waals surface area contributed by atoms with Crippen molar-refractivity contribution < 1.29 is 37.7 Å². The SMILES string of the molecule is CC(C)(C)OC(=O)N1CCN(C2=NC(=O)C(=Cc3ccc4c(cnn4Cc4ccc(C(C)(C)O)cc4C(F)(F)F)c3)S2)C[C@@H]1CO. The number of amides is 2. The third kappa shape index (κ3) is 7.39. The zero-order valence-electron chi connectivity index (χ0n) is 26.1. The Labute approximate surface area is 268 Å². The molecule has 0 aliphatic carbocycles. The van der Waals surface area contributed by atoms with Crippen LogP contribution in [0.1, 0.15) is 56.9 Å². The number of amidine groups is 1. The van der Waals surface area contributed by atoms with E-state index in [2.05, 4.69) is 10.1 Å². The number of rotatable bonds is 5. The first-order chi connectivity index (χ1) is 21.4. The van der Waals surface area contributed by atoms with Gasteiger partial charge in [-0.1, -0.05) is 18.2 Å². The molecule has 46 heavy (non-hydrogen) atoms. The van der Waals surface area contributed by atoms with E-state index in [1.807, 2.05) is 4.90 Å². The maximum Gasteiger partial charge on any atom is 0.416 e. The third-order valence-electron chi connectivity index (χ3n) is 7.61. The number of benzene rings is 2. The zero-order valence-corrected chi connectivity index (χ0v) is 26.9. The minimum atomic E-state index is -4.62. The lowest BCUT2D eigenvalue weighted by Crippen LogP contribution is -2.58. The molecule has 2 amide bonds. The van der Waals surface area contributed by atoms with E-state index in [-0.39, 0.29) is 30.8 Å². The van der Waals surface area contributed by atoms with E-state index in [4.69, 9.17) is 4.74 Å². The number of alkyl halides is 3. The number of nitrogens with zero attached hydrogens (tertiary/aromatic N) is 5. The number of halogens is 3. The van der Waals surface area contributed by atoms with Gasteiger partial charge >= 0.3 is 12.3 Å². The number of aliphatic imine (C=N–C) groups is 1. The number of aliphatic hydroxyl groups is 2. The first-order valence-corrected chi connectivity index (χ1v) is 15.5. The molecule has 0 bridgehead atoms. The maximum atomic E-state index is 13.9. The van der Waals surface area contributed by atoms with Crippen molar-refractivity contribution in [2.75, 3.05) is 26.2 Å². The van der Waals surface area contributed by atoms with E-state index in [0.717, 1.165) is 6.07 Å². The molecule has 1 aromatic heterocycles. The highest BCUT2D eigenvalue weighted by atomic mass is 32.2. The number of carbonyl (C=O) groups is 2. The summed E-state index contributed by atoms with van der Waals surface area (Å²) in [6.07, 6.45) is -1.87. The molecule has 14 heteroatoms. The molecule has 1 saturated heterocycles. The van der Waals surface area contributed by atoms with E-state index < -0.39 is 41.0 Å². The fraction of sp³-hybridized carbons (Fsp3) is 0.438. The molecule has 2 aliphatic heterocycles. The van der Waals surface area contributed by atoms with Crippen molar-refractivity contribution in [2.24, 2.45) is 4.99 Å². The van der Waals surface area contributed by atoms with Gasteiger partial charge in [-0.3, -0.25) is 14.4 Å². The minimum Gasteiger partial charge on any atom is -0.444 e. The number of fused-ring (bicyclic) bond motifs is 1. The van der Waals surface area contributed by atoms with Crippen LogP contribution in [0.2, 0.25) is 0 Å². The van der Waals surface area contributed by atoms with Gasteiger partial charge in [0.1, 0.15) is 5.60 Å². The lowest BCUT2D eigenvalue weighted by molar-refractivity contribution is -0.138. The largest absolute Gasteiger partial charge is 0.444 e. The summed E-state index contributed by atoms with van der Waals surface area (Å²) in [4.78, 5) is 33.4. The number of ether oxygens (including phenoxy) is 1. The molecule has 1 fully saturated rings.